The molecule has 0 radical (unpaired) electrons. The first-order chi connectivity index (χ1) is 1.91. The Kier molecular flexibility index (Phi) is 42.8. The van der Waals surface area contributed by atoms with Crippen molar-refractivity contribution in [1.29, 1.82) is 0 Å². The van der Waals surface area contributed by atoms with Gasteiger partial charge in [-0.15, -0.1) is 0 Å². The molecule has 0 fully saturated rings. The van der Waals surface area contributed by atoms with Crippen molar-refractivity contribution < 1.29 is 39.1 Å². The second-order valence-electron chi connectivity index (χ2n) is 0.854. The Morgan fingerprint density at radius 3 is 1.67 bits per heavy atom. The van der Waals surface area contributed by atoms with Crippen molar-refractivity contribution in [3.8, 4) is 0 Å². The molecule has 2 heteroatoms. The summed E-state index contributed by atoms with van der Waals surface area (Å²) in [5.74, 6) is 0. The van der Waals surface area contributed by atoms with Gasteiger partial charge in [0, 0.05) is 0 Å². The molecule has 0 aliphatic rings. The van der Waals surface area contributed by atoms with Gasteiger partial charge in [0.05, 0.1) is 0 Å². The van der Waals surface area contributed by atoms with E-state index in [0.29, 0.717) is 0 Å². The fourth-order valence-corrected chi connectivity index (χ4v) is 0. The van der Waals surface area contributed by atoms with Crippen LogP contribution in [0.15, 0.2) is 0 Å². The molecule has 0 spiro atoms. The molecule has 0 bridgehead atoms. The first kappa shape index (κ1) is 15.7. The van der Waals surface area contributed by atoms with E-state index in [9.17, 15) is 0 Å². The maximum absolute atomic E-state index is 3.60. The van der Waals surface area contributed by atoms with E-state index in [1.54, 1.807) is 0 Å². The van der Waals surface area contributed by atoms with Crippen LogP contribution in [0.2, 0.25) is 0 Å². The smallest absolute Gasteiger partial charge is 1.00 e. The zero-order valence-electron chi connectivity index (χ0n) is 6.12. The third-order valence-corrected chi connectivity index (χ3v) is 0.354. The van der Waals surface area contributed by atoms with Gasteiger partial charge in [0.1, 0.15) is 0 Å². The monoisotopic (exact) mass is 72.1 g/mol. The van der Waals surface area contributed by atoms with Crippen LogP contribution in [-0.2, 0) is 0 Å². The van der Waals surface area contributed by atoms with Crippen molar-refractivity contribution in [3.63, 3.8) is 0 Å². The molecule has 0 unspecified atom stereocenters. The van der Waals surface area contributed by atoms with E-state index < -0.39 is 0 Å². The molecule has 0 aromatic carbocycles. The van der Waals surface area contributed by atoms with Crippen molar-refractivity contribution in [1.82, 2.24) is 0 Å². The van der Waals surface area contributed by atoms with Crippen LogP contribution in [0.3, 0.4) is 0 Å². The van der Waals surface area contributed by atoms with Gasteiger partial charge in [-0.2, -0.15) is 6.42 Å². The van der Waals surface area contributed by atoms with Crippen LogP contribution < -0.4 is 37.7 Å². The summed E-state index contributed by atoms with van der Waals surface area (Å²) in [6, 6.07) is 0. The van der Waals surface area contributed by atoms with Gasteiger partial charge >= 0.3 is 37.7 Å². The second-order valence-corrected chi connectivity index (χ2v) is 0.854. The predicted molar refractivity (Wildman–Crippen MR) is 21.4 cm³/mol. The largest absolute Gasteiger partial charge is 1.00 e. The van der Waals surface area contributed by atoms with Gasteiger partial charge in [-0.3, -0.25) is 0 Å². The molecule has 0 aromatic heterocycles. The minimum Gasteiger partial charge on any atom is -1.00 e. The fraction of sp³-hybridized carbons (Fsp3) is 0.750. The summed E-state index contributed by atoms with van der Waals surface area (Å²) in [6.45, 7) is 5.72. The Balaban J connectivity index is -0.0000000150. The molecular formula is C4H10Li2. The maximum atomic E-state index is 3.60. The Morgan fingerprint density at radius 1 is 1.50 bits per heavy atom. The predicted octanol–water partition coefficient (Wildman–Crippen LogP) is -4.26. The van der Waals surface area contributed by atoms with Crippen LogP contribution in [0.5, 0.6) is 0 Å². The number of hydrogen-bond acceptors (Lipinski definition) is 0. The van der Waals surface area contributed by atoms with E-state index in [-0.39, 0.29) is 39.1 Å². The summed E-state index contributed by atoms with van der Waals surface area (Å²) < 4.78 is 0. The van der Waals surface area contributed by atoms with Crippen LogP contribution in [0.1, 0.15) is 21.2 Å². The van der Waals surface area contributed by atoms with Crippen molar-refractivity contribution in [2.45, 2.75) is 19.8 Å². The Morgan fingerprint density at radius 2 is 1.67 bits per heavy atom. The normalized spacial score (nSPS) is 5.00. The van der Waals surface area contributed by atoms with Crippen molar-refractivity contribution in [3.05, 3.63) is 6.92 Å². The van der Waals surface area contributed by atoms with E-state index in [4.69, 9.17) is 0 Å². The molecule has 0 aromatic rings. The molecule has 0 nitrogen and oxygen atoms in total. The minimum atomic E-state index is 0. The molecule has 0 aliphatic heterocycles. The van der Waals surface area contributed by atoms with Gasteiger partial charge in [-0.05, 0) is 0 Å². The molecule has 28 valence electrons. The molecule has 0 saturated carbocycles. The first-order valence-electron chi connectivity index (χ1n) is 1.71. The van der Waals surface area contributed by atoms with Gasteiger partial charge in [-0.25, -0.2) is 0 Å². The van der Waals surface area contributed by atoms with Crippen molar-refractivity contribution in [2.24, 2.45) is 0 Å². The van der Waals surface area contributed by atoms with Crippen LogP contribution in [0.25, 0.3) is 0 Å². The Bertz CT molecular complexity index is 11.7. The summed E-state index contributed by atoms with van der Waals surface area (Å²) in [4.78, 5) is 0. The van der Waals surface area contributed by atoms with Crippen LogP contribution in [0.4, 0.5) is 0 Å². The second kappa shape index (κ2) is 16.4. The van der Waals surface area contributed by atoms with Gasteiger partial charge in [0.25, 0.3) is 0 Å². The van der Waals surface area contributed by atoms with E-state index in [2.05, 4.69) is 13.8 Å². The molecule has 0 aliphatic carbocycles. The molecule has 0 heterocycles. The van der Waals surface area contributed by atoms with Gasteiger partial charge < -0.3 is 8.35 Å². The topological polar surface area (TPSA) is 0 Å². The van der Waals surface area contributed by atoms with Crippen molar-refractivity contribution >= 4 is 0 Å². The van der Waals surface area contributed by atoms with Crippen LogP contribution in [0, 0.1) is 6.92 Å². The summed E-state index contributed by atoms with van der Waals surface area (Å²) >= 11 is 0. The molecule has 0 atom stereocenters. The van der Waals surface area contributed by atoms with E-state index >= 15 is 0 Å². The van der Waals surface area contributed by atoms with Crippen LogP contribution in [-0.4, -0.2) is 0 Å². The standard InChI is InChI=1S/C4H9.2Li.H/c1-3-4-2;;;/h1,3-4H2,2H3;;;/q-1;2*+1;-1. The quantitative estimate of drug-likeness (QED) is 0.217. The van der Waals surface area contributed by atoms with Gasteiger partial charge in [0.2, 0.25) is 0 Å². The minimum absolute atomic E-state index is 0. The average molecular weight is 72.0 g/mol. The van der Waals surface area contributed by atoms with E-state index in [0.717, 1.165) is 6.42 Å². The maximum Gasteiger partial charge on any atom is 1.00 e. The van der Waals surface area contributed by atoms with Crippen molar-refractivity contribution in [2.75, 3.05) is 0 Å². The summed E-state index contributed by atoms with van der Waals surface area (Å²) in [7, 11) is 0. The summed E-state index contributed by atoms with van der Waals surface area (Å²) in [5, 5.41) is 0. The molecule has 6 heavy (non-hydrogen) atoms. The molecule has 0 rings (SSSR count). The van der Waals surface area contributed by atoms with E-state index in [1.807, 2.05) is 0 Å². The SMILES string of the molecule is [CH2-]CCC.[H-].[Li+].[Li+]. The zero-order valence-corrected chi connectivity index (χ0v) is 5.12. The summed E-state index contributed by atoms with van der Waals surface area (Å²) in [6.07, 6.45) is 2.28. The fourth-order valence-electron chi connectivity index (χ4n) is 0. The van der Waals surface area contributed by atoms with Gasteiger partial charge in [0.15, 0.2) is 0 Å². The number of rotatable bonds is 1. The molecule has 0 saturated heterocycles. The van der Waals surface area contributed by atoms with E-state index in [1.165, 1.54) is 6.42 Å². The van der Waals surface area contributed by atoms with Crippen LogP contribution >= 0.6 is 0 Å². The Hall–Kier alpha value is 1.19. The molecule has 0 amide bonds. The van der Waals surface area contributed by atoms with Gasteiger partial charge in [-0.1, -0.05) is 13.3 Å². The number of hydrogen-bond donors (Lipinski definition) is 0. The Labute approximate surface area is 65.9 Å². The summed E-state index contributed by atoms with van der Waals surface area (Å²) in [5.41, 5.74) is 0. The zero-order chi connectivity index (χ0) is 3.41. The molecule has 0 N–H and O–H groups in total. The third kappa shape index (κ3) is 19.0. The number of unbranched alkanes of at least 4 members (excludes halogenated alkanes) is 1. The average Bonchev–Trinajstić information content (AvgIpc) is 1.37. The first-order valence-corrected chi connectivity index (χ1v) is 1.71. The third-order valence-electron chi connectivity index (χ3n) is 0.354. The molecular weight excluding hydrogens is 61.9 g/mol.